The number of β-amino-alcohol motifs (C(OH)–C–C–N with tert-alkyl or cyclic N) is 1. The highest BCUT2D eigenvalue weighted by Gasteiger charge is 2.24. The van der Waals surface area contributed by atoms with Crippen molar-refractivity contribution in [1.29, 1.82) is 0 Å². The quantitative estimate of drug-likeness (QED) is 0.802. The largest absolute Gasteiger partial charge is 0.490 e. The fraction of sp³-hybridized carbons (Fsp3) is 0.650. The van der Waals surface area contributed by atoms with Crippen LogP contribution in [0.4, 0.5) is 0 Å². The second-order valence-electron chi connectivity index (χ2n) is 7.45. The average Bonchev–Trinajstić information content (AvgIpc) is 3.18. The second kappa shape index (κ2) is 8.84. The van der Waals surface area contributed by atoms with Gasteiger partial charge in [0.1, 0.15) is 11.9 Å². The summed E-state index contributed by atoms with van der Waals surface area (Å²) in [4.78, 5) is 16.4. The molecule has 26 heavy (non-hydrogen) atoms. The Morgan fingerprint density at radius 3 is 2.31 bits per heavy atom. The van der Waals surface area contributed by atoms with Gasteiger partial charge in [-0.3, -0.25) is 4.79 Å². The number of nitrogens with zero attached hydrogens (tertiary/aromatic N) is 2. The van der Waals surface area contributed by atoms with E-state index in [1.54, 1.807) is 6.92 Å². The first-order valence-electron chi connectivity index (χ1n) is 9.67. The molecule has 2 saturated heterocycles. The van der Waals surface area contributed by atoms with Crippen LogP contribution in [0.1, 0.15) is 43.0 Å². The minimum absolute atomic E-state index is 0.110. The minimum Gasteiger partial charge on any atom is -0.490 e. The zero-order valence-corrected chi connectivity index (χ0v) is 15.5. The lowest BCUT2D eigenvalue weighted by atomic mass is 10.1. The molecule has 144 valence electrons. The lowest BCUT2D eigenvalue weighted by molar-refractivity contribution is -0.00397. The fourth-order valence-corrected chi connectivity index (χ4v) is 3.60. The van der Waals surface area contributed by atoms with Crippen LogP contribution in [0.5, 0.6) is 5.75 Å². The topological polar surface area (TPSA) is 73.2 Å². The number of carbonyl (C=O) groups excluding carboxylic acids is 1. The van der Waals surface area contributed by atoms with Crippen molar-refractivity contribution >= 4 is 5.91 Å². The number of piperidine rings is 1. The summed E-state index contributed by atoms with van der Waals surface area (Å²) >= 11 is 0. The summed E-state index contributed by atoms with van der Waals surface area (Å²) in [5.74, 6) is 0.907. The van der Waals surface area contributed by atoms with Crippen molar-refractivity contribution in [2.45, 2.75) is 50.9 Å². The number of amides is 1. The van der Waals surface area contributed by atoms with Crippen molar-refractivity contribution in [3.05, 3.63) is 29.8 Å². The fourth-order valence-electron chi connectivity index (χ4n) is 3.60. The van der Waals surface area contributed by atoms with Gasteiger partial charge >= 0.3 is 0 Å². The van der Waals surface area contributed by atoms with Crippen LogP contribution in [0, 0.1) is 0 Å². The molecule has 2 aliphatic rings. The van der Waals surface area contributed by atoms with E-state index in [0.29, 0.717) is 6.54 Å². The first-order valence-corrected chi connectivity index (χ1v) is 9.67. The Morgan fingerprint density at radius 1 is 1.12 bits per heavy atom. The Labute approximate surface area is 155 Å². The Balaban J connectivity index is 1.46. The van der Waals surface area contributed by atoms with Gasteiger partial charge in [0, 0.05) is 38.3 Å². The standard InChI is InChI=1S/C20H30N2O4/c1-15(23)19(24)14-21-12-8-18(9-13-21)26-17-6-4-16(5-7-17)20(25)22-10-2-3-11-22/h4-7,15,18-19,23-24H,2-3,8-14H2,1H3. The summed E-state index contributed by atoms with van der Waals surface area (Å²) in [5.41, 5.74) is 0.723. The lowest BCUT2D eigenvalue weighted by Crippen LogP contribution is -2.44. The molecule has 2 N–H and O–H groups in total. The predicted molar refractivity (Wildman–Crippen MR) is 99.4 cm³/mol. The molecule has 2 heterocycles. The number of rotatable bonds is 6. The molecule has 0 spiro atoms. The van der Waals surface area contributed by atoms with Crippen molar-refractivity contribution in [1.82, 2.24) is 9.80 Å². The molecule has 0 aliphatic carbocycles. The maximum atomic E-state index is 12.4. The molecule has 0 radical (unpaired) electrons. The first-order chi connectivity index (χ1) is 12.5. The van der Waals surface area contributed by atoms with Gasteiger partial charge in [-0.2, -0.15) is 0 Å². The molecule has 6 nitrogen and oxygen atoms in total. The molecule has 0 aromatic heterocycles. The van der Waals surface area contributed by atoms with Gasteiger partial charge in [0.15, 0.2) is 0 Å². The summed E-state index contributed by atoms with van der Waals surface area (Å²) in [6, 6.07) is 7.47. The maximum absolute atomic E-state index is 12.4. The average molecular weight is 362 g/mol. The van der Waals surface area contributed by atoms with Gasteiger partial charge in [0.05, 0.1) is 12.2 Å². The summed E-state index contributed by atoms with van der Waals surface area (Å²) < 4.78 is 6.05. The Kier molecular flexibility index (Phi) is 6.51. The van der Waals surface area contributed by atoms with Crippen LogP contribution >= 0.6 is 0 Å². The molecule has 0 saturated carbocycles. The molecule has 6 heteroatoms. The van der Waals surface area contributed by atoms with E-state index < -0.39 is 12.2 Å². The van der Waals surface area contributed by atoms with E-state index in [1.165, 1.54) is 0 Å². The number of aliphatic hydroxyl groups excluding tert-OH is 2. The molecule has 2 unspecified atom stereocenters. The van der Waals surface area contributed by atoms with E-state index in [1.807, 2.05) is 29.2 Å². The van der Waals surface area contributed by atoms with E-state index in [9.17, 15) is 15.0 Å². The van der Waals surface area contributed by atoms with Crippen LogP contribution in [-0.4, -0.2) is 77.0 Å². The van der Waals surface area contributed by atoms with Crippen molar-refractivity contribution in [2.75, 3.05) is 32.7 Å². The number of hydrogen-bond acceptors (Lipinski definition) is 5. The molecular weight excluding hydrogens is 332 g/mol. The van der Waals surface area contributed by atoms with Gasteiger partial charge in [-0.05, 0) is 56.9 Å². The van der Waals surface area contributed by atoms with Crippen LogP contribution in [-0.2, 0) is 0 Å². The molecule has 2 fully saturated rings. The van der Waals surface area contributed by atoms with Crippen molar-refractivity contribution in [3.63, 3.8) is 0 Å². The highest BCUT2D eigenvalue weighted by molar-refractivity contribution is 5.94. The molecule has 2 atom stereocenters. The van der Waals surface area contributed by atoms with Crippen LogP contribution in [0.15, 0.2) is 24.3 Å². The molecule has 2 aliphatic heterocycles. The van der Waals surface area contributed by atoms with Crippen molar-refractivity contribution < 1.29 is 19.7 Å². The number of aliphatic hydroxyl groups is 2. The SMILES string of the molecule is CC(O)C(O)CN1CCC(Oc2ccc(C(=O)N3CCCC3)cc2)CC1. The molecule has 3 rings (SSSR count). The van der Waals surface area contributed by atoms with Gasteiger partial charge < -0.3 is 24.7 Å². The van der Waals surface area contributed by atoms with E-state index >= 15 is 0 Å². The highest BCUT2D eigenvalue weighted by Crippen LogP contribution is 2.21. The molecule has 1 aromatic rings. The van der Waals surface area contributed by atoms with Crippen LogP contribution in [0.25, 0.3) is 0 Å². The molecule has 0 bridgehead atoms. The monoisotopic (exact) mass is 362 g/mol. The first kappa shape index (κ1) is 19.1. The number of carbonyl (C=O) groups is 1. The predicted octanol–water partition coefficient (Wildman–Crippen LogP) is 1.51. The third kappa shape index (κ3) is 4.96. The summed E-state index contributed by atoms with van der Waals surface area (Å²) in [7, 11) is 0. The highest BCUT2D eigenvalue weighted by atomic mass is 16.5. The zero-order valence-electron chi connectivity index (χ0n) is 15.5. The zero-order chi connectivity index (χ0) is 18.5. The molecule has 1 amide bonds. The van der Waals surface area contributed by atoms with E-state index in [-0.39, 0.29) is 12.0 Å². The number of benzene rings is 1. The molecule has 1 aromatic carbocycles. The van der Waals surface area contributed by atoms with Crippen LogP contribution < -0.4 is 4.74 Å². The van der Waals surface area contributed by atoms with E-state index in [2.05, 4.69) is 4.90 Å². The van der Waals surface area contributed by atoms with Gasteiger partial charge in [-0.15, -0.1) is 0 Å². The van der Waals surface area contributed by atoms with E-state index in [0.717, 1.165) is 63.2 Å². The number of likely N-dealkylation sites (tertiary alicyclic amines) is 2. The smallest absolute Gasteiger partial charge is 0.253 e. The van der Waals surface area contributed by atoms with Crippen LogP contribution in [0.2, 0.25) is 0 Å². The van der Waals surface area contributed by atoms with Gasteiger partial charge in [-0.1, -0.05) is 0 Å². The van der Waals surface area contributed by atoms with Crippen molar-refractivity contribution in [3.8, 4) is 5.75 Å². The third-order valence-corrected chi connectivity index (χ3v) is 5.33. The summed E-state index contributed by atoms with van der Waals surface area (Å²) in [6.45, 7) is 5.52. The van der Waals surface area contributed by atoms with Gasteiger partial charge in [-0.25, -0.2) is 0 Å². The third-order valence-electron chi connectivity index (χ3n) is 5.33. The Hall–Kier alpha value is -1.63. The molecular formula is C20H30N2O4. The van der Waals surface area contributed by atoms with Crippen molar-refractivity contribution in [2.24, 2.45) is 0 Å². The van der Waals surface area contributed by atoms with Gasteiger partial charge in [0.25, 0.3) is 5.91 Å². The lowest BCUT2D eigenvalue weighted by Gasteiger charge is -2.33. The van der Waals surface area contributed by atoms with Gasteiger partial charge in [0.2, 0.25) is 0 Å². The van der Waals surface area contributed by atoms with E-state index in [4.69, 9.17) is 4.74 Å². The number of ether oxygens (including phenoxy) is 1. The Bertz CT molecular complexity index is 576. The maximum Gasteiger partial charge on any atom is 0.253 e. The summed E-state index contributed by atoms with van der Waals surface area (Å²) in [5, 5.41) is 19.2. The van der Waals surface area contributed by atoms with Crippen LogP contribution in [0.3, 0.4) is 0 Å². The minimum atomic E-state index is -0.703. The number of hydrogen-bond donors (Lipinski definition) is 2. The second-order valence-corrected chi connectivity index (χ2v) is 7.45. The summed E-state index contributed by atoms with van der Waals surface area (Å²) in [6.07, 6.45) is 2.72. The Morgan fingerprint density at radius 2 is 1.73 bits per heavy atom. The normalized spacial score (nSPS) is 21.6.